The van der Waals surface area contributed by atoms with E-state index in [1.807, 2.05) is 42.9 Å². The van der Waals surface area contributed by atoms with Gasteiger partial charge in [-0.1, -0.05) is 50.6 Å². The Labute approximate surface area is 377 Å². The molecule has 62 heavy (non-hydrogen) atoms. The van der Waals surface area contributed by atoms with Crippen LogP contribution in [0.5, 0.6) is 11.5 Å². The molecule has 1 aliphatic carbocycles. The van der Waals surface area contributed by atoms with Crippen molar-refractivity contribution in [3.8, 4) is 11.5 Å². The summed E-state index contributed by atoms with van der Waals surface area (Å²) in [4.78, 5) is 45.1. The van der Waals surface area contributed by atoms with Gasteiger partial charge in [-0.05, 0) is 104 Å². The third-order valence-electron chi connectivity index (χ3n) is 12.5. The highest BCUT2D eigenvalue weighted by molar-refractivity contribution is 7.12. The molecule has 1 aliphatic rings. The van der Waals surface area contributed by atoms with Crippen LogP contribution in [0, 0.1) is 0 Å². The Balaban J connectivity index is 1.04. The predicted octanol–water partition coefficient (Wildman–Crippen LogP) is 9.31. The number of benzene rings is 2. The van der Waals surface area contributed by atoms with Crippen molar-refractivity contribution < 1.29 is 33.7 Å². The number of phenolic OH excluding ortho intramolecular Hbond substituents is 1. The summed E-state index contributed by atoms with van der Waals surface area (Å²) in [6.07, 6.45) is 2.63. The Hall–Kier alpha value is -4.06. The maximum absolute atomic E-state index is 13.7. The van der Waals surface area contributed by atoms with E-state index in [1.165, 1.54) is 28.7 Å². The van der Waals surface area contributed by atoms with E-state index in [-0.39, 0.29) is 34.7 Å². The zero-order valence-electron chi connectivity index (χ0n) is 36.7. The van der Waals surface area contributed by atoms with Gasteiger partial charge < -0.3 is 44.6 Å². The van der Waals surface area contributed by atoms with Gasteiger partial charge in [0.15, 0.2) is 8.32 Å². The van der Waals surface area contributed by atoms with Crippen LogP contribution in [-0.4, -0.2) is 79.2 Å². The van der Waals surface area contributed by atoms with Crippen LogP contribution in [-0.2, 0) is 30.9 Å². The molecule has 0 aliphatic heterocycles. The fourth-order valence-electron chi connectivity index (χ4n) is 7.66. The summed E-state index contributed by atoms with van der Waals surface area (Å²) in [5.41, 5.74) is -0.432. The highest BCUT2D eigenvalue weighted by Crippen LogP contribution is 2.43. The number of H-pyrrole nitrogens is 1. The molecule has 2 aromatic carbocycles. The van der Waals surface area contributed by atoms with Crippen molar-refractivity contribution in [2.24, 2.45) is 0 Å². The number of thiophene rings is 2. The van der Waals surface area contributed by atoms with E-state index in [2.05, 4.69) is 54.4 Å². The number of rotatable bonds is 17. The number of phenols is 1. The Kier molecular flexibility index (Phi) is 14.8. The standard InChI is InChI=1S/C46H59ClN4O8S2Si/c1-44(2,3)62(7,8)59-37(31-13-15-35(52)42-32(31)14-16-40(53)50-42)28-48-27-29-25-33(47)34(26-36(29)57-6)49-41(54)19-22-51(5)30-17-20-45(4,21-18-30)58-43(55)46(56,38-11-9-23-60-38)39-12-10-24-61-39/h9-16,23-26,30,37,48,52,56H,17-22,27-28H2,1-8H3,(H,49,54)(H,50,53)/t30?,37-,45?/m0/s1. The molecule has 16 heteroatoms. The monoisotopic (exact) mass is 922 g/mol. The maximum atomic E-state index is 13.7. The lowest BCUT2D eigenvalue weighted by Crippen LogP contribution is -2.47. The van der Waals surface area contributed by atoms with Crippen LogP contribution in [0.25, 0.3) is 10.9 Å². The molecule has 3 heterocycles. The van der Waals surface area contributed by atoms with E-state index in [9.17, 15) is 24.6 Å². The number of aliphatic hydroxyl groups is 1. The number of hydrogen-bond donors (Lipinski definition) is 5. The van der Waals surface area contributed by atoms with Crippen LogP contribution < -0.4 is 20.9 Å². The highest BCUT2D eigenvalue weighted by Gasteiger charge is 2.47. The first kappa shape index (κ1) is 47.4. The summed E-state index contributed by atoms with van der Waals surface area (Å²) in [5, 5.41) is 33.5. The van der Waals surface area contributed by atoms with Crippen molar-refractivity contribution in [1.82, 2.24) is 15.2 Å². The van der Waals surface area contributed by atoms with Gasteiger partial charge in [0.25, 0.3) is 0 Å². The molecule has 0 saturated heterocycles. The fourth-order valence-corrected chi connectivity index (χ4v) is 10.9. The minimum absolute atomic E-state index is 0.0104. The molecule has 334 valence electrons. The molecule has 1 saturated carbocycles. The van der Waals surface area contributed by atoms with Crippen LogP contribution in [0.4, 0.5) is 5.69 Å². The number of methoxy groups -OCH3 is 1. The molecule has 6 rings (SSSR count). The molecule has 1 fully saturated rings. The number of pyridine rings is 1. The number of nitrogens with one attached hydrogen (secondary N) is 3. The van der Waals surface area contributed by atoms with Crippen LogP contribution >= 0.6 is 34.3 Å². The number of carbonyl (C=O) groups excluding carboxylic acids is 2. The zero-order chi connectivity index (χ0) is 45.0. The number of ether oxygens (including phenoxy) is 2. The highest BCUT2D eigenvalue weighted by atomic mass is 35.5. The zero-order valence-corrected chi connectivity index (χ0v) is 40.1. The van der Waals surface area contributed by atoms with E-state index in [0.717, 1.165) is 24.0 Å². The Morgan fingerprint density at radius 3 is 2.31 bits per heavy atom. The Morgan fingerprint density at radius 1 is 1.05 bits per heavy atom. The van der Waals surface area contributed by atoms with Gasteiger partial charge in [-0.3, -0.25) is 9.59 Å². The van der Waals surface area contributed by atoms with E-state index in [1.54, 1.807) is 43.5 Å². The van der Waals surface area contributed by atoms with Gasteiger partial charge >= 0.3 is 5.97 Å². The SMILES string of the molecule is COc1cc(NC(=O)CCN(C)C2CCC(C)(OC(=O)C(O)(c3cccs3)c3cccs3)CC2)c(Cl)cc1CNC[C@H](O[Si](C)(C)C(C)(C)C)c1ccc(O)c2[nH]c(=O)ccc12. The summed E-state index contributed by atoms with van der Waals surface area (Å²) in [6, 6.07) is 17.4. The summed E-state index contributed by atoms with van der Waals surface area (Å²) >= 11 is 9.42. The van der Waals surface area contributed by atoms with E-state index in [4.69, 9.17) is 25.5 Å². The Morgan fingerprint density at radius 2 is 1.71 bits per heavy atom. The molecular weight excluding hydrogens is 864 g/mol. The lowest BCUT2D eigenvalue weighted by atomic mass is 9.82. The van der Waals surface area contributed by atoms with Gasteiger partial charge in [-0.15, -0.1) is 22.7 Å². The number of hydrogen-bond acceptors (Lipinski definition) is 12. The third kappa shape index (κ3) is 10.6. The van der Waals surface area contributed by atoms with E-state index in [0.29, 0.717) is 69.6 Å². The quantitative estimate of drug-likeness (QED) is 0.0449. The maximum Gasteiger partial charge on any atom is 0.349 e. The second-order valence-electron chi connectivity index (χ2n) is 17.9. The van der Waals surface area contributed by atoms with Crippen molar-refractivity contribution in [3.05, 3.63) is 108 Å². The average Bonchev–Trinajstić information content (AvgIpc) is 3.97. The number of fused-ring (bicyclic) bond motifs is 1. The van der Waals surface area contributed by atoms with Gasteiger partial charge in [-0.25, -0.2) is 4.79 Å². The van der Waals surface area contributed by atoms with Crippen molar-refractivity contribution in [3.63, 3.8) is 0 Å². The minimum atomic E-state index is -2.29. The average molecular weight is 924 g/mol. The number of halogens is 1. The molecule has 0 radical (unpaired) electrons. The number of esters is 1. The van der Waals surface area contributed by atoms with Gasteiger partial charge in [0.05, 0.1) is 39.2 Å². The fraction of sp³-hybridized carbons (Fsp3) is 0.457. The van der Waals surface area contributed by atoms with Gasteiger partial charge in [0.2, 0.25) is 17.1 Å². The summed E-state index contributed by atoms with van der Waals surface area (Å²) in [7, 11) is 1.29. The molecular formula is C46H59ClN4O8S2Si. The van der Waals surface area contributed by atoms with Crippen LogP contribution in [0.3, 0.4) is 0 Å². The smallest absolute Gasteiger partial charge is 0.349 e. The van der Waals surface area contributed by atoms with Crippen molar-refractivity contribution >= 4 is 71.1 Å². The number of aromatic amines is 1. The third-order valence-corrected chi connectivity index (χ3v) is 19.3. The summed E-state index contributed by atoms with van der Waals surface area (Å²) < 4.78 is 18.8. The van der Waals surface area contributed by atoms with Crippen LogP contribution in [0.1, 0.15) is 86.8 Å². The number of anilines is 1. The van der Waals surface area contributed by atoms with Crippen LogP contribution in [0.2, 0.25) is 23.2 Å². The van der Waals surface area contributed by atoms with Gasteiger partial charge in [0.1, 0.15) is 17.1 Å². The topological polar surface area (TPSA) is 162 Å². The van der Waals surface area contributed by atoms with Crippen LogP contribution in [0.15, 0.2) is 76.2 Å². The minimum Gasteiger partial charge on any atom is -0.506 e. The van der Waals surface area contributed by atoms with Gasteiger partial charge in [0, 0.05) is 55.2 Å². The van der Waals surface area contributed by atoms with Crippen molar-refractivity contribution in [2.75, 3.05) is 32.6 Å². The van der Waals surface area contributed by atoms with E-state index < -0.39 is 31.6 Å². The molecule has 3 aromatic heterocycles. The second kappa shape index (κ2) is 19.4. The molecule has 12 nitrogen and oxygen atoms in total. The molecule has 1 atom stereocenters. The summed E-state index contributed by atoms with van der Waals surface area (Å²) in [6.45, 7) is 14.2. The first-order valence-corrected chi connectivity index (χ1v) is 25.9. The van der Waals surface area contributed by atoms with Gasteiger partial charge in [-0.2, -0.15) is 0 Å². The molecule has 0 bridgehead atoms. The molecule has 5 aromatic rings. The first-order valence-electron chi connectivity index (χ1n) is 20.9. The number of nitrogens with zero attached hydrogens (tertiary/aromatic N) is 1. The molecule has 5 N–H and O–H groups in total. The molecule has 0 spiro atoms. The number of amides is 1. The molecule has 0 unspecified atom stereocenters. The number of carbonyl (C=O) groups is 2. The predicted molar refractivity (Wildman–Crippen MR) is 251 cm³/mol. The van der Waals surface area contributed by atoms with E-state index >= 15 is 0 Å². The van der Waals surface area contributed by atoms with Crippen molar-refractivity contribution in [2.45, 2.75) is 108 Å². The second-order valence-corrected chi connectivity index (χ2v) is 25.0. The number of aromatic hydroxyl groups is 1. The molecule has 1 amide bonds. The lowest BCUT2D eigenvalue weighted by molar-refractivity contribution is -0.180. The summed E-state index contributed by atoms with van der Waals surface area (Å²) in [5.74, 6) is -0.299. The largest absolute Gasteiger partial charge is 0.506 e. The number of aromatic nitrogens is 1. The van der Waals surface area contributed by atoms with Crippen molar-refractivity contribution in [1.29, 1.82) is 0 Å². The first-order chi connectivity index (χ1) is 29.2. The normalized spacial score (nSPS) is 17.9. The lowest BCUT2D eigenvalue weighted by Gasteiger charge is -2.41. The Bertz CT molecular complexity index is 2360.